The molecule has 4 rings (SSSR count). The van der Waals surface area contributed by atoms with Gasteiger partial charge in [-0.3, -0.25) is 0 Å². The minimum absolute atomic E-state index is 0.268. The lowest BCUT2D eigenvalue weighted by Gasteiger charge is -2.43. The molecule has 1 aliphatic heterocycles. The fraction of sp³-hybridized carbons (Fsp3) is 0.379. The second-order valence-electron chi connectivity index (χ2n) is 8.05. The maximum atomic E-state index is 6.20. The molecule has 5 heteroatoms. The van der Waals surface area contributed by atoms with Gasteiger partial charge in [0.05, 0.1) is 6.04 Å². The summed E-state index contributed by atoms with van der Waals surface area (Å²) in [5.74, 6) is 0.994. The Labute approximate surface area is 221 Å². The number of halogens is 2. The SMILES string of the molecule is CC.CCC.Cc1cc(Cl)ccc1N1CCN(SCc2ccccc2)CC1c1ccc(Cl)cc1. The molecule has 0 saturated carbocycles. The summed E-state index contributed by atoms with van der Waals surface area (Å²) in [6, 6.07) is 25.4. The van der Waals surface area contributed by atoms with Crippen molar-refractivity contribution in [3.8, 4) is 0 Å². The normalized spacial score (nSPS) is 15.6. The number of piperazine rings is 1. The lowest BCUT2D eigenvalue weighted by atomic mass is 10.0. The van der Waals surface area contributed by atoms with Gasteiger partial charge in [-0.2, -0.15) is 0 Å². The van der Waals surface area contributed by atoms with Gasteiger partial charge in [0.1, 0.15) is 0 Å². The molecule has 1 unspecified atom stereocenters. The smallest absolute Gasteiger partial charge is 0.0679 e. The quantitative estimate of drug-likeness (QED) is 0.311. The maximum Gasteiger partial charge on any atom is 0.0679 e. The first-order valence-corrected chi connectivity index (χ1v) is 13.9. The molecular weight excluding hydrogens is 479 g/mol. The van der Waals surface area contributed by atoms with E-state index in [2.05, 4.69) is 78.5 Å². The third-order valence-corrected chi connectivity index (χ3v) is 6.97. The van der Waals surface area contributed by atoms with Crippen LogP contribution >= 0.6 is 35.1 Å². The molecule has 0 radical (unpaired) electrons. The van der Waals surface area contributed by atoms with Gasteiger partial charge in [0.15, 0.2) is 0 Å². The first kappa shape index (κ1) is 28.6. The average molecular weight is 518 g/mol. The van der Waals surface area contributed by atoms with Crippen molar-refractivity contribution in [2.24, 2.45) is 0 Å². The second-order valence-corrected chi connectivity index (χ2v) is 9.98. The minimum atomic E-state index is 0.268. The largest absolute Gasteiger partial charge is 0.362 e. The van der Waals surface area contributed by atoms with E-state index >= 15 is 0 Å². The van der Waals surface area contributed by atoms with E-state index in [1.807, 2.05) is 50.1 Å². The van der Waals surface area contributed by atoms with Crippen LogP contribution in [0.2, 0.25) is 10.0 Å². The first-order valence-electron chi connectivity index (χ1n) is 12.2. The number of hydrogen-bond acceptors (Lipinski definition) is 3. The van der Waals surface area contributed by atoms with Crippen molar-refractivity contribution < 1.29 is 0 Å². The van der Waals surface area contributed by atoms with Crippen LogP contribution in [0.25, 0.3) is 0 Å². The van der Waals surface area contributed by atoms with Crippen LogP contribution < -0.4 is 4.90 Å². The van der Waals surface area contributed by atoms with Crippen LogP contribution in [0.15, 0.2) is 72.8 Å². The van der Waals surface area contributed by atoms with Crippen molar-refractivity contribution in [1.29, 1.82) is 0 Å². The lowest BCUT2D eigenvalue weighted by Crippen LogP contribution is -2.46. The van der Waals surface area contributed by atoms with Crippen LogP contribution in [0.4, 0.5) is 5.69 Å². The van der Waals surface area contributed by atoms with E-state index in [1.54, 1.807) is 0 Å². The second kappa shape index (κ2) is 15.4. The predicted octanol–water partition coefficient (Wildman–Crippen LogP) is 9.46. The van der Waals surface area contributed by atoms with Gasteiger partial charge in [0.2, 0.25) is 0 Å². The molecular formula is C29H38Cl2N2S. The van der Waals surface area contributed by atoms with E-state index in [-0.39, 0.29) is 6.04 Å². The van der Waals surface area contributed by atoms with Crippen LogP contribution in [0.5, 0.6) is 0 Å². The highest BCUT2D eigenvalue weighted by Crippen LogP contribution is 2.36. The summed E-state index contributed by atoms with van der Waals surface area (Å²) >= 11 is 14.3. The Bertz CT molecular complexity index is 964. The molecule has 0 aliphatic carbocycles. The van der Waals surface area contributed by atoms with Crippen LogP contribution in [0.3, 0.4) is 0 Å². The van der Waals surface area contributed by atoms with Crippen LogP contribution in [-0.2, 0) is 5.75 Å². The van der Waals surface area contributed by atoms with E-state index in [0.717, 1.165) is 35.4 Å². The molecule has 0 aromatic heterocycles. The third kappa shape index (κ3) is 8.53. The van der Waals surface area contributed by atoms with Crippen molar-refractivity contribution in [3.05, 3.63) is 99.5 Å². The van der Waals surface area contributed by atoms with E-state index in [9.17, 15) is 0 Å². The molecule has 0 spiro atoms. The standard InChI is InChI=1S/C24H24Cl2N2S.C3H8.C2H6/c1-18-15-22(26)11-12-23(18)28-14-13-27(29-17-19-5-3-2-4-6-19)16-24(28)20-7-9-21(25)10-8-20;1-3-2;1-2/h2-12,15,24H,13-14,16-17H2,1H3;3H2,1-2H3;1-2H3. The predicted molar refractivity (Wildman–Crippen MR) is 154 cm³/mol. The van der Waals surface area contributed by atoms with Gasteiger partial charge in [-0.1, -0.05) is 112 Å². The third-order valence-electron chi connectivity index (χ3n) is 5.32. The monoisotopic (exact) mass is 516 g/mol. The molecule has 2 nitrogen and oxygen atoms in total. The fourth-order valence-electron chi connectivity index (χ4n) is 3.81. The van der Waals surface area contributed by atoms with Crippen LogP contribution in [-0.4, -0.2) is 23.9 Å². The Hall–Kier alpha value is -1.65. The fourth-order valence-corrected chi connectivity index (χ4v) is 5.15. The summed E-state index contributed by atoms with van der Waals surface area (Å²) in [7, 11) is 0. The number of benzene rings is 3. The molecule has 1 saturated heterocycles. The number of aryl methyl sites for hydroxylation is 1. The van der Waals surface area contributed by atoms with E-state index in [1.165, 1.54) is 28.8 Å². The maximum absolute atomic E-state index is 6.20. The molecule has 3 aromatic carbocycles. The van der Waals surface area contributed by atoms with Crippen molar-refractivity contribution in [2.75, 3.05) is 24.5 Å². The van der Waals surface area contributed by atoms with Crippen molar-refractivity contribution in [1.82, 2.24) is 4.31 Å². The number of hydrogen-bond donors (Lipinski definition) is 0. The van der Waals surface area contributed by atoms with Gasteiger partial charge in [0.25, 0.3) is 0 Å². The Morgan fingerprint density at radius 2 is 1.47 bits per heavy atom. The highest BCUT2D eigenvalue weighted by atomic mass is 35.5. The number of anilines is 1. The molecule has 0 bridgehead atoms. The highest BCUT2D eigenvalue weighted by molar-refractivity contribution is 7.96. The summed E-state index contributed by atoms with van der Waals surface area (Å²) in [5.41, 5.74) is 5.11. The molecule has 3 aromatic rings. The number of rotatable bonds is 5. The van der Waals surface area contributed by atoms with Gasteiger partial charge < -0.3 is 4.90 Å². The van der Waals surface area contributed by atoms with Gasteiger partial charge in [-0.15, -0.1) is 0 Å². The van der Waals surface area contributed by atoms with Crippen LogP contribution in [0.1, 0.15) is 56.8 Å². The van der Waals surface area contributed by atoms with E-state index in [4.69, 9.17) is 23.2 Å². The molecule has 34 heavy (non-hydrogen) atoms. The molecule has 0 amide bonds. The Morgan fingerprint density at radius 3 is 2.09 bits per heavy atom. The molecule has 184 valence electrons. The molecule has 1 fully saturated rings. The molecule has 1 aliphatic rings. The Kier molecular flexibility index (Phi) is 12.9. The minimum Gasteiger partial charge on any atom is -0.362 e. The summed E-state index contributed by atoms with van der Waals surface area (Å²) < 4.78 is 2.49. The van der Waals surface area contributed by atoms with Gasteiger partial charge in [-0.25, -0.2) is 4.31 Å². The zero-order chi connectivity index (χ0) is 24.9. The van der Waals surface area contributed by atoms with Crippen molar-refractivity contribution in [2.45, 2.75) is 52.8 Å². The number of nitrogens with zero attached hydrogens (tertiary/aromatic N) is 2. The Balaban J connectivity index is 0.000000758. The van der Waals surface area contributed by atoms with Crippen LogP contribution in [0, 0.1) is 6.92 Å². The van der Waals surface area contributed by atoms with Gasteiger partial charge in [0, 0.05) is 41.1 Å². The topological polar surface area (TPSA) is 6.48 Å². The Morgan fingerprint density at radius 1 is 0.853 bits per heavy atom. The zero-order valence-electron chi connectivity index (χ0n) is 21.1. The zero-order valence-corrected chi connectivity index (χ0v) is 23.4. The summed E-state index contributed by atoms with van der Waals surface area (Å²) in [4.78, 5) is 2.51. The molecule has 1 heterocycles. The molecule has 1 atom stereocenters. The lowest BCUT2D eigenvalue weighted by molar-refractivity contribution is 0.365. The summed E-state index contributed by atoms with van der Waals surface area (Å²) in [6.07, 6.45) is 1.25. The van der Waals surface area contributed by atoms with Crippen molar-refractivity contribution in [3.63, 3.8) is 0 Å². The summed E-state index contributed by atoms with van der Waals surface area (Å²) in [5, 5.41) is 1.56. The highest BCUT2D eigenvalue weighted by Gasteiger charge is 2.29. The summed E-state index contributed by atoms with van der Waals surface area (Å²) in [6.45, 7) is 13.3. The van der Waals surface area contributed by atoms with E-state index < -0.39 is 0 Å². The van der Waals surface area contributed by atoms with Crippen molar-refractivity contribution >= 4 is 40.8 Å². The average Bonchev–Trinajstić information content (AvgIpc) is 2.86. The molecule has 0 N–H and O–H groups in total. The van der Waals surface area contributed by atoms with Gasteiger partial charge in [-0.05, 0) is 53.9 Å². The van der Waals surface area contributed by atoms with E-state index in [0.29, 0.717) is 0 Å². The first-order chi connectivity index (χ1) is 16.5. The van der Waals surface area contributed by atoms with Gasteiger partial charge >= 0.3 is 0 Å².